The molecule has 0 bridgehead atoms. The molecule has 0 unspecified atom stereocenters. The van der Waals surface area contributed by atoms with Gasteiger partial charge >= 0.3 is 11.8 Å². The lowest BCUT2D eigenvalue weighted by Gasteiger charge is -2.32. The molecule has 0 saturated carbocycles. The Kier molecular flexibility index (Phi) is 5.30. The average molecular weight is 290 g/mol. The highest BCUT2D eigenvalue weighted by Crippen LogP contribution is 2.10. The van der Waals surface area contributed by atoms with Gasteiger partial charge in [-0.1, -0.05) is 30.3 Å². The van der Waals surface area contributed by atoms with Crippen molar-refractivity contribution in [3.8, 4) is 0 Å². The maximum absolute atomic E-state index is 11.9. The summed E-state index contributed by atoms with van der Waals surface area (Å²) >= 11 is 0. The first kappa shape index (κ1) is 15.5. The Bertz CT molecular complexity index is 484. The van der Waals surface area contributed by atoms with E-state index in [0.29, 0.717) is 0 Å². The Labute approximate surface area is 125 Å². The fourth-order valence-corrected chi connectivity index (χ4v) is 2.20. The molecular weight excluding hydrogens is 268 g/mol. The first-order valence-corrected chi connectivity index (χ1v) is 7.16. The molecule has 0 aromatic heterocycles. The van der Waals surface area contributed by atoms with Crippen LogP contribution < -0.4 is 10.7 Å². The third-order valence-corrected chi connectivity index (χ3v) is 3.62. The van der Waals surface area contributed by atoms with Gasteiger partial charge < -0.3 is 10.2 Å². The summed E-state index contributed by atoms with van der Waals surface area (Å²) < 4.78 is 0. The molecule has 1 fully saturated rings. The van der Waals surface area contributed by atoms with Gasteiger partial charge in [0.1, 0.15) is 0 Å². The monoisotopic (exact) mass is 290 g/mol. The molecule has 2 N–H and O–H groups in total. The largest absolute Gasteiger partial charge is 0.341 e. The highest BCUT2D eigenvalue weighted by Gasteiger charge is 2.21. The molecule has 0 radical (unpaired) electrons. The van der Waals surface area contributed by atoms with Crippen molar-refractivity contribution in [3.05, 3.63) is 35.9 Å². The van der Waals surface area contributed by atoms with Crippen LogP contribution in [0.5, 0.6) is 0 Å². The molecule has 1 aliphatic heterocycles. The number of piperazine rings is 1. The zero-order chi connectivity index (χ0) is 15.2. The van der Waals surface area contributed by atoms with Crippen LogP contribution in [0.3, 0.4) is 0 Å². The van der Waals surface area contributed by atoms with Gasteiger partial charge in [-0.3, -0.25) is 15.0 Å². The van der Waals surface area contributed by atoms with Crippen LogP contribution in [0.25, 0.3) is 0 Å². The Morgan fingerprint density at radius 1 is 1.05 bits per heavy atom. The number of hydrazine groups is 1. The number of hydrogen-bond donors (Lipinski definition) is 2. The minimum Gasteiger partial charge on any atom is -0.341 e. The van der Waals surface area contributed by atoms with Crippen LogP contribution in [-0.2, 0) is 9.59 Å². The predicted molar refractivity (Wildman–Crippen MR) is 80.2 cm³/mol. The van der Waals surface area contributed by atoms with E-state index in [1.807, 2.05) is 44.3 Å². The van der Waals surface area contributed by atoms with Gasteiger partial charge in [-0.15, -0.1) is 0 Å². The molecule has 1 atom stereocenters. The number of likely N-dealkylation sites (N-methyl/N-ethyl adjacent to an activating group) is 1. The van der Waals surface area contributed by atoms with Gasteiger partial charge in [-0.05, 0) is 19.5 Å². The first-order valence-electron chi connectivity index (χ1n) is 7.16. The molecule has 2 amide bonds. The van der Waals surface area contributed by atoms with Crippen molar-refractivity contribution >= 4 is 11.8 Å². The van der Waals surface area contributed by atoms with Gasteiger partial charge in [0.05, 0.1) is 6.04 Å². The van der Waals surface area contributed by atoms with E-state index in [0.717, 1.165) is 31.7 Å². The molecule has 6 nitrogen and oxygen atoms in total. The van der Waals surface area contributed by atoms with Gasteiger partial charge in [0.2, 0.25) is 0 Å². The van der Waals surface area contributed by atoms with Crippen LogP contribution in [0.4, 0.5) is 0 Å². The van der Waals surface area contributed by atoms with E-state index in [1.54, 1.807) is 5.01 Å². The Hall–Kier alpha value is -1.92. The number of benzene rings is 1. The Morgan fingerprint density at radius 3 is 2.29 bits per heavy atom. The molecule has 21 heavy (non-hydrogen) atoms. The van der Waals surface area contributed by atoms with Gasteiger partial charge in [0.15, 0.2) is 0 Å². The van der Waals surface area contributed by atoms with E-state index >= 15 is 0 Å². The van der Waals surface area contributed by atoms with E-state index in [2.05, 4.69) is 15.6 Å². The number of nitrogens with zero attached hydrogens (tertiary/aromatic N) is 2. The van der Waals surface area contributed by atoms with Crippen molar-refractivity contribution in [2.75, 3.05) is 33.2 Å². The summed E-state index contributed by atoms with van der Waals surface area (Å²) in [5.41, 5.74) is 3.62. The smallest absolute Gasteiger partial charge is 0.323 e. The zero-order valence-electron chi connectivity index (χ0n) is 12.5. The van der Waals surface area contributed by atoms with E-state index in [9.17, 15) is 9.59 Å². The summed E-state index contributed by atoms with van der Waals surface area (Å²) in [5, 5.41) is 4.49. The summed E-state index contributed by atoms with van der Waals surface area (Å²) in [4.78, 5) is 26.0. The number of hydrogen-bond acceptors (Lipinski definition) is 4. The quantitative estimate of drug-likeness (QED) is 0.778. The minimum absolute atomic E-state index is 0.197. The Morgan fingerprint density at radius 2 is 1.67 bits per heavy atom. The van der Waals surface area contributed by atoms with Crippen LogP contribution in [-0.4, -0.2) is 54.9 Å². The van der Waals surface area contributed by atoms with Crippen molar-refractivity contribution in [1.82, 2.24) is 20.7 Å². The third kappa shape index (κ3) is 4.54. The average Bonchev–Trinajstić information content (AvgIpc) is 2.50. The fourth-order valence-electron chi connectivity index (χ4n) is 2.20. The molecule has 0 aliphatic carbocycles. The van der Waals surface area contributed by atoms with E-state index in [4.69, 9.17) is 0 Å². The molecule has 1 aliphatic rings. The molecule has 6 heteroatoms. The van der Waals surface area contributed by atoms with Gasteiger partial charge in [-0.2, -0.15) is 0 Å². The second kappa shape index (κ2) is 7.19. The van der Waals surface area contributed by atoms with Crippen LogP contribution in [0.15, 0.2) is 30.3 Å². The maximum Gasteiger partial charge on any atom is 0.323 e. The van der Waals surface area contributed by atoms with Crippen molar-refractivity contribution in [3.63, 3.8) is 0 Å². The number of carbonyl (C=O) groups is 2. The van der Waals surface area contributed by atoms with Gasteiger partial charge in [-0.25, -0.2) is 5.01 Å². The lowest BCUT2D eigenvalue weighted by molar-refractivity contribution is -0.143. The summed E-state index contributed by atoms with van der Waals surface area (Å²) in [6.45, 7) is 5.06. The fraction of sp³-hybridized carbons (Fsp3) is 0.467. The molecule has 1 aromatic rings. The number of rotatable bonds is 3. The van der Waals surface area contributed by atoms with Crippen molar-refractivity contribution < 1.29 is 9.59 Å². The van der Waals surface area contributed by atoms with Crippen molar-refractivity contribution in [1.29, 1.82) is 0 Å². The third-order valence-electron chi connectivity index (χ3n) is 3.62. The molecule has 1 aromatic carbocycles. The summed E-state index contributed by atoms with van der Waals surface area (Å²) in [5.74, 6) is -1.22. The predicted octanol–water partition coefficient (Wildman–Crippen LogP) is 0.142. The normalized spacial score (nSPS) is 18.0. The second-order valence-corrected chi connectivity index (χ2v) is 5.34. The number of carbonyl (C=O) groups excluding carboxylic acids is 2. The highest BCUT2D eigenvalue weighted by molar-refractivity contribution is 6.35. The molecule has 1 heterocycles. The summed E-state index contributed by atoms with van der Waals surface area (Å²) in [6.07, 6.45) is 0. The topological polar surface area (TPSA) is 64.7 Å². The number of amides is 2. The van der Waals surface area contributed by atoms with Crippen LogP contribution >= 0.6 is 0 Å². The Balaban J connectivity index is 1.81. The van der Waals surface area contributed by atoms with Crippen LogP contribution in [0, 0.1) is 0 Å². The van der Waals surface area contributed by atoms with E-state index in [1.165, 1.54) is 0 Å². The summed E-state index contributed by atoms with van der Waals surface area (Å²) in [6, 6.07) is 9.37. The molecule has 1 saturated heterocycles. The standard InChI is InChI=1S/C15H22N4O2/c1-12(13-6-4-3-5-7-13)16-14(20)15(21)17-19-10-8-18(2)9-11-19/h3-7,12H,8-11H2,1-2H3,(H,16,20)(H,17,21)/t12-/m0/s1. The SMILES string of the molecule is C[C@H](NC(=O)C(=O)NN1CCN(C)CC1)c1ccccc1. The maximum atomic E-state index is 11.9. The second-order valence-electron chi connectivity index (χ2n) is 5.34. The van der Waals surface area contributed by atoms with E-state index < -0.39 is 11.8 Å². The molecule has 114 valence electrons. The summed E-state index contributed by atoms with van der Waals surface area (Å²) in [7, 11) is 2.04. The minimum atomic E-state index is -0.609. The van der Waals surface area contributed by atoms with Gasteiger partial charge in [0.25, 0.3) is 0 Å². The molecule has 0 spiro atoms. The van der Waals surface area contributed by atoms with Gasteiger partial charge in [0, 0.05) is 26.2 Å². The van der Waals surface area contributed by atoms with E-state index in [-0.39, 0.29) is 6.04 Å². The molecule has 2 rings (SSSR count). The van der Waals surface area contributed by atoms with Crippen molar-refractivity contribution in [2.24, 2.45) is 0 Å². The highest BCUT2D eigenvalue weighted by atomic mass is 16.2. The zero-order valence-corrected chi connectivity index (χ0v) is 12.5. The molecular formula is C15H22N4O2. The lowest BCUT2D eigenvalue weighted by Crippen LogP contribution is -2.55. The van der Waals surface area contributed by atoms with Crippen LogP contribution in [0.2, 0.25) is 0 Å². The van der Waals surface area contributed by atoms with Crippen LogP contribution in [0.1, 0.15) is 18.5 Å². The van der Waals surface area contributed by atoms with Crippen molar-refractivity contribution in [2.45, 2.75) is 13.0 Å². The lowest BCUT2D eigenvalue weighted by atomic mass is 10.1. The number of nitrogens with one attached hydrogen (secondary N) is 2. The first-order chi connectivity index (χ1) is 10.1.